The van der Waals surface area contributed by atoms with Gasteiger partial charge in [0, 0.05) is 4.47 Å². The molecule has 0 bridgehead atoms. The van der Waals surface area contributed by atoms with Crippen LogP contribution in [0.4, 0.5) is 0 Å². The number of carbonyl (C=O) groups is 1. The molecule has 3 heteroatoms. The third kappa shape index (κ3) is 3.06. The number of aryl methyl sites for hydroxylation is 2. The highest BCUT2D eigenvalue weighted by molar-refractivity contribution is 9.10. The number of carboxylic acids is 1. The molecule has 0 saturated carbocycles. The molecule has 0 aromatic heterocycles. The van der Waals surface area contributed by atoms with Crippen molar-refractivity contribution in [2.75, 3.05) is 0 Å². The first-order valence-corrected chi connectivity index (χ1v) is 5.69. The number of rotatable bonds is 3. The van der Waals surface area contributed by atoms with Gasteiger partial charge < -0.3 is 5.11 Å². The molecule has 1 N–H and O–H groups in total. The minimum atomic E-state index is -0.749. The highest BCUT2D eigenvalue weighted by atomic mass is 79.9. The average Bonchev–Trinajstić information content (AvgIpc) is 2.13. The van der Waals surface area contributed by atoms with Gasteiger partial charge in [-0.05, 0) is 31.4 Å². The quantitative estimate of drug-likeness (QED) is 0.915. The largest absolute Gasteiger partial charge is 0.481 e. The highest BCUT2D eigenvalue weighted by Crippen LogP contribution is 2.25. The van der Waals surface area contributed by atoms with E-state index < -0.39 is 5.97 Å². The van der Waals surface area contributed by atoms with Gasteiger partial charge in [-0.1, -0.05) is 40.5 Å². The summed E-state index contributed by atoms with van der Waals surface area (Å²) in [5, 5.41) is 8.86. The molecule has 0 fully saturated rings. The van der Waals surface area contributed by atoms with Gasteiger partial charge in [0.2, 0.25) is 0 Å². The van der Waals surface area contributed by atoms with Gasteiger partial charge >= 0.3 is 5.97 Å². The standard InChI is InChI=1S/C12H15BrO2/c1-7-4-8(2)11(13)10(5-7)6-9(3)12(14)15/h4-5,9H,6H2,1-3H3,(H,14,15). The Kier molecular flexibility index (Phi) is 3.91. The Hall–Kier alpha value is -0.830. The van der Waals surface area contributed by atoms with Gasteiger partial charge in [-0.3, -0.25) is 4.79 Å². The third-order valence-electron chi connectivity index (χ3n) is 2.42. The number of hydrogen-bond donors (Lipinski definition) is 1. The molecule has 15 heavy (non-hydrogen) atoms. The molecule has 1 aromatic carbocycles. The topological polar surface area (TPSA) is 37.3 Å². The minimum Gasteiger partial charge on any atom is -0.481 e. The molecule has 0 amide bonds. The van der Waals surface area contributed by atoms with Gasteiger partial charge in [-0.25, -0.2) is 0 Å². The van der Waals surface area contributed by atoms with Gasteiger partial charge in [-0.15, -0.1) is 0 Å². The molecular weight excluding hydrogens is 256 g/mol. The van der Waals surface area contributed by atoms with Crippen LogP contribution in [0.3, 0.4) is 0 Å². The Morgan fingerprint density at radius 2 is 2.07 bits per heavy atom. The highest BCUT2D eigenvalue weighted by Gasteiger charge is 2.14. The van der Waals surface area contributed by atoms with Crippen molar-refractivity contribution in [3.63, 3.8) is 0 Å². The summed E-state index contributed by atoms with van der Waals surface area (Å²) in [6.07, 6.45) is 0.568. The third-order valence-corrected chi connectivity index (χ3v) is 3.56. The summed E-state index contributed by atoms with van der Waals surface area (Å²) in [6, 6.07) is 4.12. The number of hydrogen-bond acceptors (Lipinski definition) is 1. The average molecular weight is 271 g/mol. The van der Waals surface area contributed by atoms with Crippen molar-refractivity contribution in [2.24, 2.45) is 5.92 Å². The van der Waals surface area contributed by atoms with Gasteiger partial charge in [0.1, 0.15) is 0 Å². The van der Waals surface area contributed by atoms with Crippen LogP contribution >= 0.6 is 15.9 Å². The summed E-state index contributed by atoms with van der Waals surface area (Å²) in [6.45, 7) is 5.77. The van der Waals surface area contributed by atoms with Crippen LogP contribution in [0.25, 0.3) is 0 Å². The number of halogens is 1. The summed E-state index contributed by atoms with van der Waals surface area (Å²) in [7, 11) is 0. The van der Waals surface area contributed by atoms with E-state index in [1.54, 1.807) is 6.92 Å². The molecule has 1 atom stereocenters. The maximum absolute atomic E-state index is 10.8. The van der Waals surface area contributed by atoms with E-state index in [2.05, 4.69) is 22.0 Å². The Morgan fingerprint density at radius 3 is 2.60 bits per heavy atom. The van der Waals surface area contributed by atoms with Crippen LogP contribution in [0.1, 0.15) is 23.6 Å². The molecule has 0 aliphatic carbocycles. The lowest BCUT2D eigenvalue weighted by Crippen LogP contribution is -2.12. The lowest BCUT2D eigenvalue weighted by atomic mass is 9.98. The number of carboxylic acid groups (broad SMARTS) is 1. The van der Waals surface area contributed by atoms with Crippen molar-refractivity contribution in [3.05, 3.63) is 33.3 Å². The Labute approximate surface area is 98.4 Å². The van der Waals surface area contributed by atoms with E-state index in [0.717, 1.165) is 15.6 Å². The second-order valence-electron chi connectivity index (χ2n) is 4.00. The van der Waals surface area contributed by atoms with Crippen molar-refractivity contribution in [3.8, 4) is 0 Å². The maximum atomic E-state index is 10.8. The fraction of sp³-hybridized carbons (Fsp3) is 0.417. The van der Waals surface area contributed by atoms with Crippen LogP contribution < -0.4 is 0 Å². The smallest absolute Gasteiger partial charge is 0.306 e. The first-order valence-electron chi connectivity index (χ1n) is 4.90. The molecule has 0 heterocycles. The Balaban J connectivity index is 2.99. The minimum absolute atomic E-state index is 0.345. The predicted octanol–water partition coefficient (Wildman–Crippen LogP) is 3.33. The number of benzene rings is 1. The summed E-state index contributed by atoms with van der Waals surface area (Å²) in [4.78, 5) is 10.8. The lowest BCUT2D eigenvalue weighted by molar-refractivity contribution is -0.141. The van der Waals surface area contributed by atoms with Crippen molar-refractivity contribution in [1.29, 1.82) is 0 Å². The number of aliphatic carboxylic acids is 1. The van der Waals surface area contributed by atoms with E-state index in [9.17, 15) is 4.79 Å². The van der Waals surface area contributed by atoms with Crippen LogP contribution in [0.2, 0.25) is 0 Å². The molecule has 2 nitrogen and oxygen atoms in total. The van der Waals surface area contributed by atoms with E-state index in [0.29, 0.717) is 6.42 Å². The molecule has 0 radical (unpaired) electrons. The van der Waals surface area contributed by atoms with Gasteiger partial charge in [0.15, 0.2) is 0 Å². The van der Waals surface area contributed by atoms with Crippen molar-refractivity contribution >= 4 is 21.9 Å². The van der Waals surface area contributed by atoms with Crippen LogP contribution in [-0.2, 0) is 11.2 Å². The van der Waals surface area contributed by atoms with Crippen LogP contribution in [0.5, 0.6) is 0 Å². The summed E-state index contributed by atoms with van der Waals surface area (Å²) < 4.78 is 1.03. The first-order chi connectivity index (χ1) is 6.91. The van der Waals surface area contributed by atoms with Gasteiger partial charge in [0.05, 0.1) is 5.92 Å². The molecule has 1 aromatic rings. The maximum Gasteiger partial charge on any atom is 0.306 e. The fourth-order valence-electron chi connectivity index (χ4n) is 1.60. The van der Waals surface area contributed by atoms with Crippen LogP contribution in [-0.4, -0.2) is 11.1 Å². The van der Waals surface area contributed by atoms with E-state index in [4.69, 9.17) is 5.11 Å². The molecule has 0 aliphatic heterocycles. The second kappa shape index (κ2) is 4.79. The fourth-order valence-corrected chi connectivity index (χ4v) is 1.99. The van der Waals surface area contributed by atoms with Crippen LogP contribution in [0, 0.1) is 19.8 Å². The summed E-state index contributed by atoms with van der Waals surface area (Å²) in [5.74, 6) is -1.09. The van der Waals surface area contributed by atoms with Gasteiger partial charge in [0.25, 0.3) is 0 Å². The zero-order chi connectivity index (χ0) is 11.6. The zero-order valence-corrected chi connectivity index (χ0v) is 10.8. The van der Waals surface area contributed by atoms with Crippen molar-refractivity contribution in [2.45, 2.75) is 27.2 Å². The Bertz CT molecular complexity index is 385. The normalized spacial score (nSPS) is 12.5. The van der Waals surface area contributed by atoms with E-state index >= 15 is 0 Å². The summed E-state index contributed by atoms with van der Waals surface area (Å²) >= 11 is 3.50. The molecule has 82 valence electrons. The zero-order valence-electron chi connectivity index (χ0n) is 9.17. The van der Waals surface area contributed by atoms with E-state index in [-0.39, 0.29) is 5.92 Å². The molecular formula is C12H15BrO2. The molecule has 1 unspecified atom stereocenters. The molecule has 0 spiro atoms. The molecule has 1 rings (SSSR count). The van der Waals surface area contributed by atoms with Crippen molar-refractivity contribution in [1.82, 2.24) is 0 Å². The predicted molar refractivity (Wildman–Crippen MR) is 64.1 cm³/mol. The van der Waals surface area contributed by atoms with E-state index in [1.165, 1.54) is 5.56 Å². The Morgan fingerprint density at radius 1 is 1.47 bits per heavy atom. The van der Waals surface area contributed by atoms with Crippen LogP contribution in [0.15, 0.2) is 16.6 Å². The summed E-state index contributed by atoms with van der Waals surface area (Å²) in [5.41, 5.74) is 3.40. The van der Waals surface area contributed by atoms with Gasteiger partial charge in [-0.2, -0.15) is 0 Å². The second-order valence-corrected chi connectivity index (χ2v) is 4.79. The molecule has 0 saturated heterocycles. The lowest BCUT2D eigenvalue weighted by Gasteiger charge is -2.11. The monoisotopic (exact) mass is 270 g/mol. The molecule has 0 aliphatic rings. The van der Waals surface area contributed by atoms with Crippen molar-refractivity contribution < 1.29 is 9.90 Å². The SMILES string of the molecule is Cc1cc(C)c(Br)c(CC(C)C(=O)O)c1. The first kappa shape index (κ1) is 12.2. The van der Waals surface area contributed by atoms with E-state index in [1.807, 2.05) is 19.9 Å².